The monoisotopic (exact) mass is 419 g/mol. The lowest BCUT2D eigenvalue weighted by atomic mass is 10.0. The van der Waals surface area contributed by atoms with Crippen molar-refractivity contribution < 1.29 is 14.6 Å². The fraction of sp³-hybridized carbons (Fsp3) is 0.450. The zero-order chi connectivity index (χ0) is 19.9. The normalized spacial score (nSPS) is 14.6. The summed E-state index contributed by atoms with van der Waals surface area (Å²) in [6.07, 6.45) is 7.92. The van der Waals surface area contributed by atoms with Gasteiger partial charge in [0.15, 0.2) is 5.16 Å². The third-order valence-electron chi connectivity index (χ3n) is 4.65. The van der Waals surface area contributed by atoms with E-state index in [-0.39, 0.29) is 5.75 Å². The van der Waals surface area contributed by atoms with Gasteiger partial charge in [0, 0.05) is 11.8 Å². The second-order valence-corrected chi connectivity index (χ2v) is 8.69. The molecule has 1 aromatic carbocycles. The van der Waals surface area contributed by atoms with E-state index >= 15 is 0 Å². The highest BCUT2D eigenvalue weighted by Gasteiger charge is 2.25. The molecule has 150 valence electrons. The SMILES string of the molecule is COC(=O)c1c(NCc2ccc(O)cc2)nc(SC)nc1SC1CCCCC1. The largest absolute Gasteiger partial charge is 0.508 e. The summed E-state index contributed by atoms with van der Waals surface area (Å²) in [6, 6.07) is 6.93. The minimum absolute atomic E-state index is 0.219. The van der Waals surface area contributed by atoms with Crippen LogP contribution < -0.4 is 5.32 Å². The van der Waals surface area contributed by atoms with E-state index in [1.165, 1.54) is 38.1 Å². The Hall–Kier alpha value is -1.93. The third kappa shape index (κ3) is 5.32. The van der Waals surface area contributed by atoms with E-state index < -0.39 is 5.97 Å². The zero-order valence-corrected chi connectivity index (χ0v) is 17.7. The van der Waals surface area contributed by atoms with Gasteiger partial charge < -0.3 is 15.2 Å². The summed E-state index contributed by atoms with van der Waals surface area (Å²) in [6.45, 7) is 0.475. The van der Waals surface area contributed by atoms with Crippen LogP contribution in [-0.4, -0.2) is 39.7 Å². The molecule has 0 atom stereocenters. The summed E-state index contributed by atoms with van der Waals surface area (Å²) in [5.41, 5.74) is 1.37. The number of phenols is 1. The van der Waals surface area contributed by atoms with Crippen molar-refractivity contribution >= 4 is 35.3 Å². The summed E-state index contributed by atoms with van der Waals surface area (Å²) >= 11 is 3.11. The molecule has 0 radical (unpaired) electrons. The topological polar surface area (TPSA) is 84.3 Å². The van der Waals surface area contributed by atoms with E-state index in [0.717, 1.165) is 18.4 Å². The number of benzene rings is 1. The van der Waals surface area contributed by atoms with E-state index in [1.54, 1.807) is 23.9 Å². The molecule has 1 aliphatic carbocycles. The summed E-state index contributed by atoms with van der Waals surface area (Å²) < 4.78 is 5.04. The molecule has 2 N–H and O–H groups in total. The second-order valence-electron chi connectivity index (χ2n) is 6.63. The minimum atomic E-state index is -0.431. The maximum absolute atomic E-state index is 12.6. The van der Waals surface area contributed by atoms with Gasteiger partial charge in [-0.25, -0.2) is 14.8 Å². The maximum Gasteiger partial charge on any atom is 0.344 e. The van der Waals surface area contributed by atoms with Gasteiger partial charge in [-0.05, 0) is 36.8 Å². The Labute approximate surface area is 173 Å². The Balaban J connectivity index is 1.90. The Morgan fingerprint density at radius 1 is 1.21 bits per heavy atom. The molecule has 1 fully saturated rings. The first-order chi connectivity index (χ1) is 13.6. The number of anilines is 1. The lowest BCUT2D eigenvalue weighted by molar-refractivity contribution is 0.0596. The first-order valence-electron chi connectivity index (χ1n) is 9.33. The summed E-state index contributed by atoms with van der Waals surface area (Å²) in [7, 11) is 1.38. The van der Waals surface area contributed by atoms with Gasteiger partial charge in [0.25, 0.3) is 0 Å². The van der Waals surface area contributed by atoms with Gasteiger partial charge in [0.1, 0.15) is 22.2 Å². The summed E-state index contributed by atoms with van der Waals surface area (Å²) in [5.74, 6) is 0.272. The van der Waals surface area contributed by atoms with Gasteiger partial charge in [-0.3, -0.25) is 0 Å². The Bertz CT molecular complexity index is 809. The van der Waals surface area contributed by atoms with E-state index in [0.29, 0.717) is 33.4 Å². The van der Waals surface area contributed by atoms with Crippen LogP contribution >= 0.6 is 23.5 Å². The van der Waals surface area contributed by atoms with Crippen LogP contribution in [0.2, 0.25) is 0 Å². The van der Waals surface area contributed by atoms with Crippen LogP contribution in [0.25, 0.3) is 0 Å². The molecule has 0 aliphatic heterocycles. The van der Waals surface area contributed by atoms with E-state index in [1.807, 2.05) is 18.4 Å². The second kappa shape index (κ2) is 10.0. The molecule has 3 rings (SSSR count). The van der Waals surface area contributed by atoms with Gasteiger partial charge in [-0.1, -0.05) is 43.2 Å². The number of carbonyl (C=O) groups excluding carboxylic acids is 1. The highest BCUT2D eigenvalue weighted by molar-refractivity contribution is 8.00. The first kappa shape index (κ1) is 20.8. The van der Waals surface area contributed by atoms with Crippen molar-refractivity contribution in [2.24, 2.45) is 0 Å². The molecular weight excluding hydrogens is 394 g/mol. The number of hydrogen-bond donors (Lipinski definition) is 2. The molecule has 1 aromatic heterocycles. The molecule has 1 heterocycles. The van der Waals surface area contributed by atoms with Gasteiger partial charge in [0.2, 0.25) is 0 Å². The van der Waals surface area contributed by atoms with Crippen molar-refractivity contribution in [1.82, 2.24) is 9.97 Å². The van der Waals surface area contributed by atoms with Gasteiger partial charge >= 0.3 is 5.97 Å². The number of aromatic nitrogens is 2. The number of phenolic OH excluding ortho intramolecular Hbond substituents is 1. The Morgan fingerprint density at radius 3 is 2.57 bits per heavy atom. The highest BCUT2D eigenvalue weighted by Crippen LogP contribution is 2.37. The standard InChI is InChI=1S/C20H25N3O3S2/c1-26-19(25)16-17(21-12-13-8-10-14(24)11-9-13)22-20(27-2)23-18(16)28-15-6-4-3-5-7-15/h8-11,15,24H,3-7,12H2,1-2H3,(H,21,22,23). The summed E-state index contributed by atoms with van der Waals surface area (Å²) in [5, 5.41) is 14.5. The lowest BCUT2D eigenvalue weighted by Crippen LogP contribution is -2.16. The average Bonchev–Trinajstić information content (AvgIpc) is 2.73. The fourth-order valence-corrected chi connectivity index (χ4v) is 4.90. The molecule has 0 amide bonds. The lowest BCUT2D eigenvalue weighted by Gasteiger charge is -2.22. The van der Waals surface area contributed by atoms with Crippen LogP contribution in [-0.2, 0) is 11.3 Å². The van der Waals surface area contributed by atoms with Crippen LogP contribution in [0.5, 0.6) is 5.75 Å². The zero-order valence-electron chi connectivity index (χ0n) is 16.1. The van der Waals surface area contributed by atoms with Crippen molar-refractivity contribution in [3.8, 4) is 5.75 Å². The smallest absolute Gasteiger partial charge is 0.344 e. The molecule has 6 nitrogen and oxygen atoms in total. The highest BCUT2D eigenvalue weighted by atomic mass is 32.2. The number of thioether (sulfide) groups is 2. The number of nitrogens with one attached hydrogen (secondary N) is 1. The molecule has 1 saturated carbocycles. The van der Waals surface area contributed by atoms with Gasteiger partial charge in [0.05, 0.1) is 7.11 Å². The van der Waals surface area contributed by atoms with Crippen LogP contribution in [0, 0.1) is 0 Å². The predicted molar refractivity (Wildman–Crippen MR) is 113 cm³/mol. The van der Waals surface area contributed by atoms with Crippen molar-refractivity contribution in [2.75, 3.05) is 18.7 Å². The number of hydrogen-bond acceptors (Lipinski definition) is 8. The number of esters is 1. The predicted octanol–water partition coefficient (Wildman–Crippen LogP) is 4.73. The van der Waals surface area contributed by atoms with Crippen molar-refractivity contribution in [3.63, 3.8) is 0 Å². The third-order valence-corrected chi connectivity index (χ3v) is 6.53. The number of ether oxygens (including phenoxy) is 1. The van der Waals surface area contributed by atoms with Crippen LogP contribution in [0.4, 0.5) is 5.82 Å². The number of aromatic hydroxyl groups is 1. The Kier molecular flexibility index (Phi) is 7.44. The van der Waals surface area contributed by atoms with E-state index in [4.69, 9.17) is 4.74 Å². The average molecular weight is 420 g/mol. The number of rotatable bonds is 7. The van der Waals surface area contributed by atoms with Crippen LogP contribution in [0.15, 0.2) is 34.4 Å². The molecule has 0 unspecified atom stereocenters. The van der Waals surface area contributed by atoms with Gasteiger partial charge in [-0.15, -0.1) is 11.8 Å². The molecule has 2 aromatic rings. The number of methoxy groups -OCH3 is 1. The van der Waals surface area contributed by atoms with Crippen molar-refractivity contribution in [1.29, 1.82) is 0 Å². The fourth-order valence-electron chi connectivity index (χ4n) is 3.15. The Morgan fingerprint density at radius 2 is 1.93 bits per heavy atom. The van der Waals surface area contributed by atoms with Crippen molar-refractivity contribution in [3.05, 3.63) is 35.4 Å². The summed E-state index contributed by atoms with van der Waals surface area (Å²) in [4.78, 5) is 21.7. The molecule has 8 heteroatoms. The van der Waals surface area contributed by atoms with E-state index in [9.17, 15) is 9.90 Å². The molecular formula is C20H25N3O3S2. The first-order valence-corrected chi connectivity index (χ1v) is 11.4. The quantitative estimate of drug-likeness (QED) is 0.288. The molecule has 0 spiro atoms. The maximum atomic E-state index is 12.6. The van der Waals surface area contributed by atoms with Crippen molar-refractivity contribution in [2.45, 2.75) is 54.1 Å². The van der Waals surface area contributed by atoms with Gasteiger partial charge in [-0.2, -0.15) is 0 Å². The van der Waals surface area contributed by atoms with Crippen LogP contribution in [0.1, 0.15) is 48.0 Å². The number of carbonyl (C=O) groups is 1. The number of nitrogens with zero attached hydrogens (tertiary/aromatic N) is 2. The molecule has 0 saturated heterocycles. The van der Waals surface area contributed by atoms with E-state index in [2.05, 4.69) is 15.3 Å². The minimum Gasteiger partial charge on any atom is -0.508 e. The molecule has 0 bridgehead atoms. The van der Waals surface area contributed by atoms with Crippen LogP contribution in [0.3, 0.4) is 0 Å². The molecule has 28 heavy (non-hydrogen) atoms. The molecule has 1 aliphatic rings.